The maximum absolute atomic E-state index is 4.53. The van der Waals surface area contributed by atoms with Crippen molar-refractivity contribution in [1.29, 1.82) is 0 Å². The average molecular weight is 286 g/mol. The van der Waals surface area contributed by atoms with Gasteiger partial charge in [-0.25, -0.2) is 0 Å². The van der Waals surface area contributed by atoms with Crippen molar-refractivity contribution in [3.8, 4) is 0 Å². The molecule has 0 amide bonds. The number of piperidine rings is 1. The fourth-order valence-corrected chi connectivity index (χ4v) is 3.24. The largest absolute Gasteiger partial charge is 0.356 e. The summed E-state index contributed by atoms with van der Waals surface area (Å²) in [4.78, 5) is 7.09. The van der Waals surface area contributed by atoms with Crippen LogP contribution in [-0.2, 0) is 6.54 Å². The highest BCUT2D eigenvalue weighted by atomic mass is 15.2. The van der Waals surface area contributed by atoms with Crippen LogP contribution in [0.15, 0.2) is 35.3 Å². The minimum Gasteiger partial charge on any atom is -0.356 e. The fraction of sp³-hybridized carbons (Fsp3) is 0.588. The average Bonchev–Trinajstić information content (AvgIpc) is 2.52. The van der Waals surface area contributed by atoms with Crippen LogP contribution >= 0.6 is 0 Å². The Bertz CT molecular complexity index is 471. The van der Waals surface area contributed by atoms with E-state index >= 15 is 0 Å². The van der Waals surface area contributed by atoms with E-state index in [9.17, 15) is 0 Å². The van der Waals surface area contributed by atoms with Gasteiger partial charge in [-0.05, 0) is 24.3 Å². The molecule has 0 radical (unpaired) electrons. The first-order valence-electron chi connectivity index (χ1n) is 8.12. The van der Waals surface area contributed by atoms with Gasteiger partial charge in [0.25, 0.3) is 0 Å². The number of guanidine groups is 1. The van der Waals surface area contributed by atoms with E-state index in [2.05, 4.69) is 57.8 Å². The van der Waals surface area contributed by atoms with Gasteiger partial charge >= 0.3 is 0 Å². The highest BCUT2D eigenvalue weighted by Gasteiger charge is 2.26. The summed E-state index contributed by atoms with van der Waals surface area (Å²) in [6.45, 7) is 7.73. The molecule has 2 aliphatic rings. The number of nitrogens with one attached hydrogen (secondary N) is 2. The van der Waals surface area contributed by atoms with Crippen LogP contribution in [0, 0.1) is 5.92 Å². The summed E-state index contributed by atoms with van der Waals surface area (Å²) < 4.78 is 0. The molecule has 1 saturated heterocycles. The van der Waals surface area contributed by atoms with Crippen LogP contribution in [0.5, 0.6) is 0 Å². The first kappa shape index (κ1) is 14.4. The Morgan fingerprint density at radius 1 is 1.33 bits per heavy atom. The van der Waals surface area contributed by atoms with Gasteiger partial charge in [0.1, 0.15) is 0 Å². The summed E-state index contributed by atoms with van der Waals surface area (Å²) >= 11 is 0. The van der Waals surface area contributed by atoms with Crippen LogP contribution in [0.1, 0.15) is 25.3 Å². The highest BCUT2D eigenvalue weighted by Crippen LogP contribution is 2.19. The molecule has 0 saturated carbocycles. The molecule has 4 nitrogen and oxygen atoms in total. The zero-order valence-corrected chi connectivity index (χ0v) is 12.9. The summed E-state index contributed by atoms with van der Waals surface area (Å²) in [5.41, 5.74) is 1.41. The monoisotopic (exact) mass is 286 g/mol. The van der Waals surface area contributed by atoms with Gasteiger partial charge in [0, 0.05) is 38.8 Å². The maximum Gasteiger partial charge on any atom is 0.191 e. The second-order valence-electron chi connectivity index (χ2n) is 6.25. The quantitative estimate of drug-likeness (QED) is 0.890. The molecule has 0 spiro atoms. The smallest absolute Gasteiger partial charge is 0.191 e. The molecule has 0 bridgehead atoms. The Kier molecular flexibility index (Phi) is 4.76. The van der Waals surface area contributed by atoms with Gasteiger partial charge in [-0.2, -0.15) is 0 Å². The molecule has 1 aromatic rings. The van der Waals surface area contributed by atoms with Crippen LogP contribution in [-0.4, -0.2) is 43.1 Å². The number of aliphatic imine (C=N–C) groups is 1. The number of hydrogen-bond acceptors (Lipinski definition) is 4. The van der Waals surface area contributed by atoms with E-state index in [-0.39, 0.29) is 0 Å². The van der Waals surface area contributed by atoms with E-state index < -0.39 is 0 Å². The lowest BCUT2D eigenvalue weighted by Gasteiger charge is -2.38. The topological polar surface area (TPSA) is 39.7 Å². The summed E-state index contributed by atoms with van der Waals surface area (Å²) in [6, 6.07) is 11.3. The summed E-state index contributed by atoms with van der Waals surface area (Å²) in [5, 5.41) is 6.97. The number of nitrogens with zero attached hydrogens (tertiary/aromatic N) is 2. The van der Waals surface area contributed by atoms with Crippen LogP contribution < -0.4 is 10.6 Å². The second kappa shape index (κ2) is 6.94. The van der Waals surface area contributed by atoms with Gasteiger partial charge in [-0.15, -0.1) is 0 Å². The molecule has 0 aromatic heterocycles. The summed E-state index contributed by atoms with van der Waals surface area (Å²) in [5.74, 6) is 1.66. The minimum absolute atomic E-state index is 0.543. The van der Waals surface area contributed by atoms with Crippen molar-refractivity contribution in [2.75, 3.05) is 26.2 Å². The van der Waals surface area contributed by atoms with Crippen LogP contribution in [0.4, 0.5) is 0 Å². The molecular weight excluding hydrogens is 260 g/mol. The summed E-state index contributed by atoms with van der Waals surface area (Å²) in [6.07, 6.45) is 2.34. The maximum atomic E-state index is 4.53. The van der Waals surface area contributed by atoms with Crippen molar-refractivity contribution < 1.29 is 0 Å². The molecule has 0 aliphatic carbocycles. The molecule has 2 N–H and O–H groups in total. The van der Waals surface area contributed by atoms with Crippen molar-refractivity contribution in [2.24, 2.45) is 10.9 Å². The molecule has 3 rings (SSSR count). The number of rotatable bonds is 3. The molecule has 2 atom stereocenters. The second-order valence-corrected chi connectivity index (χ2v) is 6.25. The predicted octanol–water partition coefficient (Wildman–Crippen LogP) is 1.84. The molecular formula is C17H26N4. The van der Waals surface area contributed by atoms with Gasteiger partial charge in [0.2, 0.25) is 0 Å². The Balaban J connectivity index is 1.51. The first-order chi connectivity index (χ1) is 10.3. The highest BCUT2D eigenvalue weighted by molar-refractivity contribution is 5.80. The van der Waals surface area contributed by atoms with E-state index in [0.29, 0.717) is 12.0 Å². The SMILES string of the molecule is CC1CN(Cc2ccccc2)CCC1NC1=NCCCN1. The minimum atomic E-state index is 0.543. The lowest BCUT2D eigenvalue weighted by molar-refractivity contribution is 0.149. The Morgan fingerprint density at radius 2 is 2.19 bits per heavy atom. The van der Waals surface area contributed by atoms with Gasteiger partial charge in [-0.3, -0.25) is 9.89 Å². The summed E-state index contributed by atoms with van der Waals surface area (Å²) in [7, 11) is 0. The van der Waals surface area contributed by atoms with Gasteiger partial charge in [0.05, 0.1) is 0 Å². The van der Waals surface area contributed by atoms with Crippen LogP contribution in [0.3, 0.4) is 0 Å². The fourth-order valence-electron chi connectivity index (χ4n) is 3.24. The number of benzene rings is 1. The normalized spacial score (nSPS) is 26.8. The van der Waals surface area contributed by atoms with Crippen molar-refractivity contribution in [3.05, 3.63) is 35.9 Å². The van der Waals surface area contributed by atoms with Crippen molar-refractivity contribution >= 4 is 5.96 Å². The zero-order chi connectivity index (χ0) is 14.5. The Morgan fingerprint density at radius 3 is 2.90 bits per heavy atom. The molecule has 4 heteroatoms. The third kappa shape index (κ3) is 3.97. The molecule has 2 heterocycles. The van der Waals surface area contributed by atoms with Crippen molar-refractivity contribution in [2.45, 2.75) is 32.4 Å². The van der Waals surface area contributed by atoms with Gasteiger partial charge in [0.15, 0.2) is 5.96 Å². The van der Waals surface area contributed by atoms with Gasteiger partial charge in [-0.1, -0.05) is 37.3 Å². The zero-order valence-electron chi connectivity index (χ0n) is 12.9. The standard InChI is InChI=1S/C17H26N4/c1-14-12-21(13-15-6-3-2-4-7-15)11-8-16(14)20-17-18-9-5-10-19-17/h2-4,6-7,14,16H,5,8-13H2,1H3,(H2,18,19,20). The third-order valence-corrected chi connectivity index (χ3v) is 4.46. The van der Waals surface area contributed by atoms with Crippen molar-refractivity contribution in [1.82, 2.24) is 15.5 Å². The van der Waals surface area contributed by atoms with Crippen molar-refractivity contribution in [3.63, 3.8) is 0 Å². The van der Waals surface area contributed by atoms with Crippen LogP contribution in [0.2, 0.25) is 0 Å². The lowest BCUT2D eigenvalue weighted by Crippen LogP contribution is -2.53. The van der Waals surface area contributed by atoms with E-state index in [1.807, 2.05) is 0 Å². The molecule has 1 aromatic carbocycles. The Labute approximate surface area is 127 Å². The van der Waals surface area contributed by atoms with Crippen LogP contribution in [0.25, 0.3) is 0 Å². The third-order valence-electron chi connectivity index (χ3n) is 4.46. The van der Waals surface area contributed by atoms with Gasteiger partial charge < -0.3 is 10.6 Å². The Hall–Kier alpha value is -1.55. The molecule has 21 heavy (non-hydrogen) atoms. The molecule has 2 aliphatic heterocycles. The molecule has 114 valence electrons. The van der Waals surface area contributed by atoms with E-state index in [0.717, 1.165) is 45.1 Å². The molecule has 1 fully saturated rings. The molecule has 2 unspecified atom stereocenters. The number of hydrogen-bond donors (Lipinski definition) is 2. The first-order valence-corrected chi connectivity index (χ1v) is 8.12. The number of likely N-dealkylation sites (tertiary alicyclic amines) is 1. The lowest BCUT2D eigenvalue weighted by atomic mass is 9.93. The predicted molar refractivity (Wildman–Crippen MR) is 87.3 cm³/mol. The van der Waals surface area contributed by atoms with E-state index in [4.69, 9.17) is 0 Å². The van der Waals surface area contributed by atoms with E-state index in [1.165, 1.54) is 12.0 Å². The van der Waals surface area contributed by atoms with E-state index in [1.54, 1.807) is 0 Å².